The van der Waals surface area contributed by atoms with Crippen LogP contribution in [0.4, 0.5) is 5.69 Å². The summed E-state index contributed by atoms with van der Waals surface area (Å²) in [4.78, 5) is 15.6. The third-order valence-electron chi connectivity index (χ3n) is 12.1. The van der Waals surface area contributed by atoms with Crippen molar-refractivity contribution in [2.75, 3.05) is 12.0 Å². The summed E-state index contributed by atoms with van der Waals surface area (Å²) in [5, 5.41) is 7.00. The molecule has 1 heterocycles. The number of benzene rings is 1. The fourth-order valence-corrected chi connectivity index (χ4v) is 10.3. The summed E-state index contributed by atoms with van der Waals surface area (Å²) in [6.45, 7) is 11.9. The highest BCUT2D eigenvalue weighted by Crippen LogP contribution is 2.66. The van der Waals surface area contributed by atoms with E-state index in [2.05, 4.69) is 63.8 Å². The van der Waals surface area contributed by atoms with Crippen LogP contribution < -0.4 is 4.90 Å². The van der Waals surface area contributed by atoms with E-state index in [1.54, 1.807) is 5.57 Å². The van der Waals surface area contributed by atoms with Gasteiger partial charge in [0.15, 0.2) is 0 Å². The predicted molar refractivity (Wildman–Crippen MR) is 158 cm³/mol. The molecule has 0 radical (unpaired) electrons. The molecule has 0 saturated heterocycles. The van der Waals surface area contributed by atoms with Gasteiger partial charge in [0.2, 0.25) is 5.91 Å². The number of carbonyl (C=O) groups is 1. The molecule has 0 bridgehead atoms. The molecular weight excluding hydrogens is 466 g/mol. The number of carbonyl (C=O) groups excluding carboxylic acids is 1. The zero-order valence-corrected chi connectivity index (χ0v) is 25.1. The Balaban J connectivity index is 0.00000144. The molecule has 38 heavy (non-hydrogen) atoms. The molecule has 1 aromatic rings. The van der Waals surface area contributed by atoms with Crippen molar-refractivity contribution in [2.24, 2.45) is 34.5 Å². The van der Waals surface area contributed by atoms with Crippen LogP contribution in [0.1, 0.15) is 116 Å². The quantitative estimate of drug-likeness (QED) is 0.406. The van der Waals surface area contributed by atoms with Gasteiger partial charge in [-0.15, -0.1) is 0 Å². The Bertz CT molecular complexity index is 1070. The molecular formula is C35H53NO2. The van der Waals surface area contributed by atoms with Crippen molar-refractivity contribution >= 4 is 11.6 Å². The van der Waals surface area contributed by atoms with Gasteiger partial charge in [-0.25, -0.2) is 0 Å². The predicted octanol–water partition coefficient (Wildman–Crippen LogP) is 8.41. The lowest BCUT2D eigenvalue weighted by molar-refractivity contribution is -0.119. The second-order valence-electron chi connectivity index (χ2n) is 14.5. The number of amides is 1. The topological polar surface area (TPSA) is 40.5 Å². The van der Waals surface area contributed by atoms with Gasteiger partial charge in [0, 0.05) is 24.8 Å². The number of rotatable bonds is 4. The Morgan fingerprint density at radius 1 is 1.00 bits per heavy atom. The molecule has 3 saturated carbocycles. The van der Waals surface area contributed by atoms with Gasteiger partial charge in [0.1, 0.15) is 0 Å². The molecule has 1 amide bonds. The molecule has 6 unspecified atom stereocenters. The normalized spacial score (nSPS) is 36.7. The average Bonchev–Trinajstić information content (AvgIpc) is 3.36. The maximum atomic E-state index is 13.5. The number of aliphatic hydroxyl groups excluding tert-OH is 1. The molecule has 5 aliphatic rings. The van der Waals surface area contributed by atoms with Crippen molar-refractivity contribution in [2.45, 2.75) is 124 Å². The van der Waals surface area contributed by atoms with E-state index in [0.29, 0.717) is 23.2 Å². The smallest absolute Gasteiger partial charge is 0.227 e. The zero-order chi connectivity index (χ0) is 27.3. The van der Waals surface area contributed by atoms with Gasteiger partial charge in [-0.1, -0.05) is 56.0 Å². The Kier molecular flexibility index (Phi) is 7.66. The third kappa shape index (κ3) is 4.49. The minimum absolute atomic E-state index is 0.122. The Morgan fingerprint density at radius 3 is 2.58 bits per heavy atom. The first-order valence-corrected chi connectivity index (χ1v) is 15.7. The minimum Gasteiger partial charge on any atom is -0.400 e. The summed E-state index contributed by atoms with van der Waals surface area (Å²) in [5.41, 5.74) is 6.35. The highest BCUT2D eigenvalue weighted by atomic mass is 16.2. The maximum Gasteiger partial charge on any atom is 0.227 e. The van der Waals surface area contributed by atoms with E-state index in [1.807, 2.05) is 0 Å². The van der Waals surface area contributed by atoms with Gasteiger partial charge in [0.25, 0.3) is 0 Å². The van der Waals surface area contributed by atoms with Crippen molar-refractivity contribution in [1.82, 2.24) is 0 Å². The van der Waals surface area contributed by atoms with E-state index in [-0.39, 0.29) is 5.54 Å². The van der Waals surface area contributed by atoms with Gasteiger partial charge in [-0.05, 0) is 131 Å². The van der Waals surface area contributed by atoms with Gasteiger partial charge in [-0.3, -0.25) is 4.79 Å². The van der Waals surface area contributed by atoms with Crippen molar-refractivity contribution in [1.29, 1.82) is 0 Å². The Labute approximate surface area is 232 Å². The first kappa shape index (κ1) is 27.9. The highest BCUT2D eigenvalue weighted by molar-refractivity contribution is 5.97. The molecule has 0 aromatic heterocycles. The van der Waals surface area contributed by atoms with Crippen LogP contribution >= 0.6 is 0 Å². The summed E-state index contributed by atoms with van der Waals surface area (Å²) in [5.74, 6) is 4.07. The van der Waals surface area contributed by atoms with Crippen LogP contribution in [-0.2, 0) is 11.2 Å². The minimum atomic E-state index is -0.122. The maximum absolute atomic E-state index is 13.5. The van der Waals surface area contributed by atoms with E-state index in [9.17, 15) is 4.79 Å². The summed E-state index contributed by atoms with van der Waals surface area (Å²) < 4.78 is 0. The second kappa shape index (κ2) is 10.4. The lowest BCUT2D eigenvalue weighted by atomic mass is 9.45. The molecule has 0 spiro atoms. The van der Waals surface area contributed by atoms with Crippen molar-refractivity contribution in [3.05, 3.63) is 41.0 Å². The van der Waals surface area contributed by atoms with E-state index in [0.717, 1.165) is 55.7 Å². The van der Waals surface area contributed by atoms with E-state index in [4.69, 9.17) is 5.11 Å². The summed E-state index contributed by atoms with van der Waals surface area (Å²) in [7, 11) is 1.00. The van der Waals surface area contributed by atoms with Gasteiger partial charge in [0.05, 0.1) is 0 Å². The number of fused-ring (bicyclic) bond motifs is 6. The van der Waals surface area contributed by atoms with Crippen molar-refractivity contribution < 1.29 is 9.90 Å². The summed E-state index contributed by atoms with van der Waals surface area (Å²) in [6, 6.07) is 6.59. The second-order valence-corrected chi connectivity index (χ2v) is 14.5. The Hall–Kier alpha value is -1.61. The first-order chi connectivity index (χ1) is 18.1. The van der Waals surface area contributed by atoms with Crippen LogP contribution in [-0.4, -0.2) is 23.7 Å². The number of allylic oxidation sites excluding steroid dienone is 2. The van der Waals surface area contributed by atoms with Crippen molar-refractivity contribution in [3.8, 4) is 0 Å². The first-order valence-electron chi connectivity index (χ1n) is 15.7. The van der Waals surface area contributed by atoms with Crippen LogP contribution in [0.5, 0.6) is 0 Å². The fraction of sp³-hybridized carbons (Fsp3) is 0.743. The zero-order valence-electron chi connectivity index (χ0n) is 25.1. The highest BCUT2D eigenvalue weighted by Gasteiger charge is 2.57. The SMILES string of the molecule is CO.Cc1ccc2c(c1)CC(C)(C)N2C(=O)CCCC1=CCC2C3CCC4CCCCC4(C)C3CCC12C. The molecule has 4 aliphatic carbocycles. The van der Waals surface area contributed by atoms with E-state index >= 15 is 0 Å². The lowest BCUT2D eigenvalue weighted by Gasteiger charge is -2.60. The fourth-order valence-electron chi connectivity index (χ4n) is 10.3. The van der Waals surface area contributed by atoms with Crippen molar-refractivity contribution in [3.63, 3.8) is 0 Å². The van der Waals surface area contributed by atoms with E-state index in [1.165, 1.54) is 68.9 Å². The van der Waals surface area contributed by atoms with Crippen LogP contribution in [0.2, 0.25) is 0 Å². The number of aliphatic hydroxyl groups is 1. The summed E-state index contributed by atoms with van der Waals surface area (Å²) >= 11 is 0. The van der Waals surface area contributed by atoms with Crippen LogP contribution in [0.3, 0.4) is 0 Å². The number of anilines is 1. The molecule has 1 N–H and O–H groups in total. The van der Waals surface area contributed by atoms with Crippen LogP contribution in [0.25, 0.3) is 0 Å². The average molecular weight is 520 g/mol. The molecule has 3 nitrogen and oxygen atoms in total. The number of nitrogens with zero attached hydrogens (tertiary/aromatic N) is 1. The molecule has 3 fully saturated rings. The Morgan fingerprint density at radius 2 is 1.79 bits per heavy atom. The number of hydrogen-bond acceptors (Lipinski definition) is 2. The molecule has 1 aromatic carbocycles. The molecule has 6 rings (SSSR count). The van der Waals surface area contributed by atoms with E-state index < -0.39 is 0 Å². The van der Waals surface area contributed by atoms with Gasteiger partial charge in [-0.2, -0.15) is 0 Å². The standard InChI is InChI=1S/C34H49NO.CH4O/c1-23-12-17-30-24(21-23)22-32(2,3)35(30)31(36)11-8-10-26-14-16-28-27-15-13-25-9-6-7-19-33(25,4)29(27)18-20-34(26,28)5;1-2/h12,14,17,21,25,27-29H,6-11,13,15-16,18-20,22H2,1-5H3;2H,1H3. The molecule has 1 aliphatic heterocycles. The monoisotopic (exact) mass is 519 g/mol. The number of hydrogen-bond donors (Lipinski definition) is 1. The van der Waals surface area contributed by atoms with Gasteiger partial charge < -0.3 is 10.0 Å². The number of aryl methyl sites for hydroxylation is 1. The largest absolute Gasteiger partial charge is 0.400 e. The molecule has 6 atom stereocenters. The molecule has 3 heteroatoms. The van der Waals surface area contributed by atoms with Crippen LogP contribution in [0, 0.1) is 41.4 Å². The van der Waals surface area contributed by atoms with Crippen LogP contribution in [0.15, 0.2) is 29.8 Å². The van der Waals surface area contributed by atoms with Gasteiger partial charge >= 0.3 is 0 Å². The third-order valence-corrected chi connectivity index (χ3v) is 12.1. The molecule has 210 valence electrons. The summed E-state index contributed by atoms with van der Waals surface area (Å²) in [6.07, 6.45) is 19.4. The lowest BCUT2D eigenvalue weighted by Crippen LogP contribution is -2.52.